The summed E-state index contributed by atoms with van der Waals surface area (Å²) in [4.78, 5) is 0. The molecule has 2 N–H and O–H groups in total. The Morgan fingerprint density at radius 2 is 1.70 bits per heavy atom. The summed E-state index contributed by atoms with van der Waals surface area (Å²) in [5, 5.41) is 0. The third-order valence-electron chi connectivity index (χ3n) is 1.06. The number of unbranched alkanes of at least 4 members (excludes halogenated alkanes) is 3. The van der Waals surface area contributed by atoms with Crippen molar-refractivity contribution in [2.45, 2.75) is 32.6 Å². The van der Waals surface area contributed by atoms with Crippen LogP contribution in [0.25, 0.3) is 0 Å². The molecule has 0 saturated heterocycles. The molecule has 0 heterocycles. The Morgan fingerprint density at radius 3 is 2.00 bits per heavy atom. The molecule has 0 spiro atoms. The van der Waals surface area contributed by atoms with Gasteiger partial charge < -0.3 is 5.73 Å². The summed E-state index contributed by atoms with van der Waals surface area (Å²) in [5.74, 6) is 0. The average Bonchev–Trinajstić information content (AvgIpc) is 1.91. The Bertz CT molecular complexity index is 42.7. The maximum atomic E-state index is 5.27. The van der Waals surface area contributed by atoms with Crippen LogP contribution in [-0.4, -0.2) is 6.54 Å². The second kappa shape index (κ2) is 17.1. The molecule has 0 radical (unpaired) electrons. The molecular weight excluding hydrogens is 399 g/mol. The molecule has 0 amide bonds. The quantitative estimate of drug-likeness (QED) is 0.427. The van der Waals surface area contributed by atoms with E-state index in [-0.39, 0.29) is 0 Å². The van der Waals surface area contributed by atoms with Crippen LogP contribution in [0.3, 0.4) is 0 Å². The standard InChI is InChI=1S/C6H15N.2HI.Ni/c1-2-3-4-5-6-7;;;/h2-7H2,1H3;2*1H;/q;;;+2/p-2. The molecular formula is C6H15I2NNi. The van der Waals surface area contributed by atoms with Crippen molar-refractivity contribution in [2.75, 3.05) is 6.54 Å². The van der Waals surface area contributed by atoms with Crippen LogP contribution in [0.15, 0.2) is 0 Å². The normalized spacial score (nSPS) is 8.80. The van der Waals surface area contributed by atoms with Crippen molar-refractivity contribution in [3.05, 3.63) is 0 Å². The van der Waals surface area contributed by atoms with Crippen molar-refractivity contribution in [3.63, 3.8) is 0 Å². The molecule has 0 aromatic heterocycles. The first kappa shape index (κ1) is 14.4. The van der Waals surface area contributed by atoms with E-state index in [0.29, 0.717) is 0 Å². The van der Waals surface area contributed by atoms with Crippen molar-refractivity contribution in [3.8, 4) is 0 Å². The fraction of sp³-hybridized carbons (Fsp3) is 1.00. The van der Waals surface area contributed by atoms with Gasteiger partial charge in [-0.3, -0.25) is 0 Å². The molecule has 0 unspecified atom stereocenters. The number of rotatable bonds is 4. The van der Waals surface area contributed by atoms with Gasteiger partial charge in [-0.15, -0.1) is 0 Å². The van der Waals surface area contributed by atoms with Gasteiger partial charge in [-0.2, -0.15) is 0 Å². The van der Waals surface area contributed by atoms with Gasteiger partial charge in [0.25, 0.3) is 0 Å². The van der Waals surface area contributed by atoms with E-state index < -0.39 is 0 Å². The molecule has 0 bridgehead atoms. The zero-order valence-electron chi connectivity index (χ0n) is 6.19. The summed E-state index contributed by atoms with van der Waals surface area (Å²) in [5.41, 5.74) is 5.27. The fourth-order valence-corrected chi connectivity index (χ4v) is 0.571. The minimum absolute atomic E-state index is 0.861. The van der Waals surface area contributed by atoms with Gasteiger partial charge in [-0.05, 0) is 13.0 Å². The summed E-state index contributed by atoms with van der Waals surface area (Å²) in [7, 11) is 1.56. The van der Waals surface area contributed by atoms with E-state index in [0.717, 1.165) is 6.54 Å². The van der Waals surface area contributed by atoms with Gasteiger partial charge in [-0.1, -0.05) is 26.2 Å². The third-order valence-corrected chi connectivity index (χ3v) is 1.06. The van der Waals surface area contributed by atoms with Gasteiger partial charge in [0.2, 0.25) is 0 Å². The molecule has 1 nitrogen and oxygen atoms in total. The van der Waals surface area contributed by atoms with Crippen molar-refractivity contribution in [2.24, 2.45) is 5.73 Å². The molecule has 0 aliphatic carbocycles. The van der Waals surface area contributed by atoms with Gasteiger partial charge >= 0.3 is 49.0 Å². The molecule has 0 aliphatic heterocycles. The Kier molecular flexibility index (Phi) is 24.7. The van der Waals surface area contributed by atoms with Crippen LogP contribution in [-0.2, 0) is 8.07 Å². The summed E-state index contributed by atoms with van der Waals surface area (Å²) in [6.07, 6.45) is 5.16. The van der Waals surface area contributed by atoms with Crippen LogP contribution >= 0.6 is 41.0 Å². The number of halogens is 2. The molecule has 4 heteroatoms. The molecule has 0 atom stereocenters. The molecule has 0 aromatic rings. The number of hydrogen-bond donors (Lipinski definition) is 1. The Labute approximate surface area is 92.8 Å². The molecule has 68 valence electrons. The van der Waals surface area contributed by atoms with Crippen LogP contribution in [0.4, 0.5) is 0 Å². The Balaban J connectivity index is 0. The van der Waals surface area contributed by atoms with Crippen LogP contribution in [0, 0.1) is 0 Å². The van der Waals surface area contributed by atoms with Gasteiger partial charge in [0.05, 0.1) is 0 Å². The van der Waals surface area contributed by atoms with E-state index in [2.05, 4.69) is 47.9 Å². The third kappa shape index (κ3) is 22.5. The van der Waals surface area contributed by atoms with Gasteiger partial charge in [0, 0.05) is 0 Å². The topological polar surface area (TPSA) is 26.0 Å². The molecule has 10 heavy (non-hydrogen) atoms. The molecule has 0 aliphatic rings. The predicted molar refractivity (Wildman–Crippen MR) is 61.2 cm³/mol. The van der Waals surface area contributed by atoms with E-state index in [4.69, 9.17) is 5.73 Å². The minimum atomic E-state index is 0.861. The number of hydrogen-bond acceptors (Lipinski definition) is 1. The summed E-state index contributed by atoms with van der Waals surface area (Å²) >= 11 is 4.43. The first-order chi connectivity index (χ1) is 4.83. The Hall–Kier alpha value is 1.91. The molecule has 0 rings (SSSR count). The van der Waals surface area contributed by atoms with E-state index in [1.807, 2.05) is 0 Å². The van der Waals surface area contributed by atoms with Crippen LogP contribution in [0.2, 0.25) is 0 Å². The van der Waals surface area contributed by atoms with Crippen molar-refractivity contribution < 1.29 is 8.07 Å². The second-order valence-corrected chi connectivity index (χ2v) is 10.2. The maximum absolute atomic E-state index is 5.27. The first-order valence-corrected chi connectivity index (χ1v) is 9.73. The average molecular weight is 414 g/mol. The fourth-order valence-electron chi connectivity index (χ4n) is 0.571. The molecule has 0 fully saturated rings. The van der Waals surface area contributed by atoms with Crippen molar-refractivity contribution in [1.29, 1.82) is 0 Å². The zero-order chi connectivity index (χ0) is 8.24. The van der Waals surface area contributed by atoms with E-state index in [1.165, 1.54) is 25.7 Å². The molecule has 0 saturated carbocycles. The predicted octanol–water partition coefficient (Wildman–Crippen LogP) is 3.29. The van der Waals surface area contributed by atoms with E-state index >= 15 is 0 Å². The summed E-state index contributed by atoms with van der Waals surface area (Å²) in [6.45, 7) is 3.07. The summed E-state index contributed by atoms with van der Waals surface area (Å²) in [6, 6.07) is 0. The van der Waals surface area contributed by atoms with Crippen LogP contribution < -0.4 is 5.73 Å². The summed E-state index contributed by atoms with van der Waals surface area (Å²) < 4.78 is 0. The SMILES string of the molecule is CCCCCCN.[I][Ni][I]. The Morgan fingerprint density at radius 1 is 1.20 bits per heavy atom. The van der Waals surface area contributed by atoms with E-state index in [1.54, 1.807) is 8.07 Å². The molecule has 0 aromatic carbocycles. The van der Waals surface area contributed by atoms with Crippen molar-refractivity contribution >= 4 is 41.0 Å². The zero-order valence-corrected chi connectivity index (χ0v) is 11.5. The van der Waals surface area contributed by atoms with Gasteiger partial charge in [0.1, 0.15) is 0 Å². The number of nitrogens with two attached hydrogens (primary N) is 1. The van der Waals surface area contributed by atoms with E-state index in [9.17, 15) is 0 Å². The van der Waals surface area contributed by atoms with Crippen molar-refractivity contribution in [1.82, 2.24) is 0 Å². The monoisotopic (exact) mass is 413 g/mol. The first-order valence-electron chi connectivity index (χ1n) is 3.35. The van der Waals surface area contributed by atoms with Gasteiger partial charge in [0.15, 0.2) is 0 Å². The van der Waals surface area contributed by atoms with Crippen LogP contribution in [0.5, 0.6) is 0 Å². The van der Waals surface area contributed by atoms with Crippen LogP contribution in [0.1, 0.15) is 32.6 Å². The van der Waals surface area contributed by atoms with Gasteiger partial charge in [-0.25, -0.2) is 0 Å². The second-order valence-electron chi connectivity index (χ2n) is 1.89.